The lowest BCUT2D eigenvalue weighted by Gasteiger charge is -2.39. The van der Waals surface area contributed by atoms with E-state index in [0.717, 1.165) is 47.9 Å². The van der Waals surface area contributed by atoms with E-state index < -0.39 is 23.4 Å². The Bertz CT molecular complexity index is 2280. The Balaban J connectivity index is 0.859. The van der Waals surface area contributed by atoms with Gasteiger partial charge in [0, 0.05) is 19.2 Å². The number of benzene rings is 6. The van der Waals surface area contributed by atoms with Crippen molar-refractivity contribution in [1.29, 1.82) is 0 Å². The number of fused-ring (bicyclic) bond motifs is 1. The molecule has 0 unspecified atom stereocenters. The third-order valence-electron chi connectivity index (χ3n) is 11.9. The van der Waals surface area contributed by atoms with Crippen molar-refractivity contribution in [3.05, 3.63) is 197 Å². The molecule has 61 heavy (non-hydrogen) atoms. The highest BCUT2D eigenvalue weighted by Crippen LogP contribution is 2.38. The van der Waals surface area contributed by atoms with Crippen LogP contribution >= 0.6 is 0 Å². The number of methoxy groups -OCH3 is 1. The van der Waals surface area contributed by atoms with E-state index in [9.17, 15) is 9.59 Å². The summed E-state index contributed by atoms with van der Waals surface area (Å²) in [5, 5.41) is 3.69. The lowest BCUT2D eigenvalue weighted by molar-refractivity contribution is -0.144. The molecule has 1 heterocycles. The van der Waals surface area contributed by atoms with Crippen LogP contribution in [0.5, 0.6) is 17.2 Å². The highest BCUT2D eigenvalue weighted by Gasteiger charge is 2.41. The van der Waals surface area contributed by atoms with E-state index in [2.05, 4.69) is 41.7 Å². The minimum atomic E-state index is -0.898. The maximum absolute atomic E-state index is 15.5. The number of ether oxygens (including phenoxy) is 4. The fraction of sp³-hybridized carbons (Fsp3) is 0.269. The molecule has 1 amide bonds. The monoisotopic (exact) mass is 818 g/mol. The van der Waals surface area contributed by atoms with Crippen molar-refractivity contribution in [1.82, 2.24) is 10.2 Å². The smallest absolute Gasteiger partial charge is 0.326 e. The standard InChI is InChI=1S/C52H51FN2O6/c1-58-51(57)46(54-52(41-17-8-3-9-18-41,42-19-10-4-11-20-42)43-21-12-5-13-22-43)36-60-45-24-14-23-44(31-45)59-34-39-27-25-37(26-28-39)32-55-33-40-29-30-47(49(53)48(40)50(55)56)61-35-38-15-6-2-7-16-38/h2-24,29-31,37,39,46,54H,25-28,32-36H2,1H3/t37-,39-,46-/m0/s1. The summed E-state index contributed by atoms with van der Waals surface area (Å²) in [6.07, 6.45) is 3.87. The van der Waals surface area contributed by atoms with Crippen LogP contribution in [-0.4, -0.2) is 49.7 Å². The second-order valence-corrected chi connectivity index (χ2v) is 15.9. The first kappa shape index (κ1) is 41.3. The van der Waals surface area contributed by atoms with Gasteiger partial charge in [0.05, 0.1) is 24.8 Å². The molecule has 1 saturated carbocycles. The molecule has 1 aliphatic heterocycles. The summed E-state index contributed by atoms with van der Waals surface area (Å²) in [7, 11) is 1.39. The largest absolute Gasteiger partial charge is 0.493 e. The van der Waals surface area contributed by atoms with Gasteiger partial charge in [-0.15, -0.1) is 0 Å². The minimum absolute atomic E-state index is 0.00876. The van der Waals surface area contributed by atoms with E-state index in [0.29, 0.717) is 48.6 Å². The van der Waals surface area contributed by atoms with Crippen LogP contribution in [-0.2, 0) is 28.2 Å². The number of hydrogen-bond acceptors (Lipinski definition) is 7. The van der Waals surface area contributed by atoms with Crippen molar-refractivity contribution in [2.24, 2.45) is 11.8 Å². The van der Waals surface area contributed by atoms with Crippen LogP contribution in [0.25, 0.3) is 0 Å². The number of nitrogens with one attached hydrogen (secondary N) is 1. The maximum atomic E-state index is 15.5. The van der Waals surface area contributed by atoms with E-state index in [1.54, 1.807) is 11.0 Å². The summed E-state index contributed by atoms with van der Waals surface area (Å²) in [5.41, 5.74) is 3.78. The first-order valence-electron chi connectivity index (χ1n) is 21.1. The van der Waals surface area contributed by atoms with Gasteiger partial charge in [-0.2, -0.15) is 0 Å². The van der Waals surface area contributed by atoms with Crippen molar-refractivity contribution in [3.63, 3.8) is 0 Å². The summed E-state index contributed by atoms with van der Waals surface area (Å²) < 4.78 is 39.3. The van der Waals surface area contributed by atoms with Crippen LogP contribution in [0.15, 0.2) is 158 Å². The zero-order valence-corrected chi connectivity index (χ0v) is 34.4. The van der Waals surface area contributed by atoms with Crippen LogP contribution in [0.3, 0.4) is 0 Å². The lowest BCUT2D eigenvalue weighted by Crippen LogP contribution is -2.55. The first-order valence-corrected chi connectivity index (χ1v) is 21.1. The minimum Gasteiger partial charge on any atom is -0.493 e. The summed E-state index contributed by atoms with van der Waals surface area (Å²) >= 11 is 0. The molecule has 1 atom stereocenters. The van der Waals surface area contributed by atoms with Crippen molar-refractivity contribution >= 4 is 11.9 Å². The Hall–Kier alpha value is -6.45. The van der Waals surface area contributed by atoms with Crippen LogP contribution in [0, 0.1) is 17.7 Å². The quantitative estimate of drug-likeness (QED) is 0.0725. The van der Waals surface area contributed by atoms with E-state index in [1.165, 1.54) is 7.11 Å². The normalized spacial score (nSPS) is 16.7. The van der Waals surface area contributed by atoms with Crippen LogP contribution < -0.4 is 19.5 Å². The molecule has 312 valence electrons. The summed E-state index contributed by atoms with van der Waals surface area (Å²) in [6, 6.07) is 50.0. The number of amides is 1. The van der Waals surface area contributed by atoms with Gasteiger partial charge in [0.15, 0.2) is 11.6 Å². The van der Waals surface area contributed by atoms with Crippen molar-refractivity contribution < 1.29 is 32.9 Å². The average Bonchev–Trinajstić information content (AvgIpc) is 3.64. The fourth-order valence-corrected chi connectivity index (χ4v) is 8.72. The second-order valence-electron chi connectivity index (χ2n) is 15.9. The van der Waals surface area contributed by atoms with Gasteiger partial charge in [0.2, 0.25) is 0 Å². The zero-order chi connectivity index (χ0) is 42.0. The van der Waals surface area contributed by atoms with Crippen molar-refractivity contribution in [3.8, 4) is 17.2 Å². The molecule has 6 aromatic rings. The highest BCUT2D eigenvalue weighted by molar-refractivity contribution is 5.99. The van der Waals surface area contributed by atoms with Gasteiger partial charge in [-0.25, -0.2) is 4.39 Å². The van der Waals surface area contributed by atoms with E-state index in [1.807, 2.05) is 115 Å². The highest BCUT2D eigenvalue weighted by atomic mass is 19.1. The first-order chi connectivity index (χ1) is 29.9. The number of carbonyl (C=O) groups is 2. The topological polar surface area (TPSA) is 86.3 Å². The maximum Gasteiger partial charge on any atom is 0.326 e. The number of hydrogen-bond donors (Lipinski definition) is 1. The van der Waals surface area contributed by atoms with Gasteiger partial charge in [-0.3, -0.25) is 14.9 Å². The van der Waals surface area contributed by atoms with Gasteiger partial charge in [-0.1, -0.05) is 133 Å². The van der Waals surface area contributed by atoms with E-state index in [-0.39, 0.29) is 30.4 Å². The van der Waals surface area contributed by atoms with Crippen LogP contribution in [0.4, 0.5) is 4.39 Å². The SMILES string of the molecule is COC(=O)[C@H](COc1cccc(OC[C@H]2CC[C@H](CN3Cc4ccc(OCc5ccccc5)c(F)c4C3=O)CC2)c1)NC(c1ccccc1)(c1ccccc1)c1ccccc1. The summed E-state index contributed by atoms with van der Waals surface area (Å²) in [6.45, 7) is 1.81. The van der Waals surface area contributed by atoms with Crippen LogP contribution in [0.1, 0.15) is 63.9 Å². The molecule has 0 aromatic heterocycles. The molecule has 1 N–H and O–H groups in total. The molecule has 6 aromatic carbocycles. The van der Waals surface area contributed by atoms with Gasteiger partial charge in [0.1, 0.15) is 30.8 Å². The molecule has 1 aliphatic carbocycles. The third-order valence-corrected chi connectivity index (χ3v) is 11.9. The number of esters is 1. The van der Waals surface area contributed by atoms with Crippen molar-refractivity contribution in [2.75, 3.05) is 26.9 Å². The van der Waals surface area contributed by atoms with Crippen LogP contribution in [0.2, 0.25) is 0 Å². The predicted molar refractivity (Wildman–Crippen MR) is 233 cm³/mol. The Morgan fingerprint density at radius 3 is 1.85 bits per heavy atom. The Labute approximate surface area is 357 Å². The molecular formula is C52H51FN2O6. The molecule has 2 aliphatic rings. The average molecular weight is 819 g/mol. The summed E-state index contributed by atoms with van der Waals surface area (Å²) in [4.78, 5) is 28.7. The molecule has 0 saturated heterocycles. The lowest BCUT2D eigenvalue weighted by atomic mass is 9.76. The number of halogens is 1. The Kier molecular flexibility index (Phi) is 13.1. The Morgan fingerprint density at radius 1 is 0.705 bits per heavy atom. The van der Waals surface area contributed by atoms with Gasteiger partial charge in [0.25, 0.3) is 5.91 Å². The number of rotatable bonds is 17. The molecule has 0 radical (unpaired) electrons. The van der Waals surface area contributed by atoms with Crippen molar-refractivity contribution in [2.45, 2.75) is 50.4 Å². The van der Waals surface area contributed by atoms with Gasteiger partial charge >= 0.3 is 5.97 Å². The zero-order valence-electron chi connectivity index (χ0n) is 34.4. The molecule has 8 rings (SSSR count). The number of nitrogens with zero attached hydrogens (tertiary/aromatic N) is 1. The molecular weight excluding hydrogens is 768 g/mol. The molecule has 0 spiro atoms. The number of carbonyl (C=O) groups excluding carboxylic acids is 2. The third kappa shape index (κ3) is 9.48. The molecule has 9 heteroatoms. The molecule has 1 fully saturated rings. The van der Waals surface area contributed by atoms with E-state index >= 15 is 4.39 Å². The van der Waals surface area contributed by atoms with Gasteiger partial charge in [-0.05, 0) is 83.5 Å². The molecule has 8 nitrogen and oxygen atoms in total. The van der Waals surface area contributed by atoms with E-state index in [4.69, 9.17) is 18.9 Å². The van der Waals surface area contributed by atoms with Gasteiger partial charge < -0.3 is 23.8 Å². The predicted octanol–water partition coefficient (Wildman–Crippen LogP) is 9.75. The summed E-state index contributed by atoms with van der Waals surface area (Å²) in [5.74, 6) is 0.778. The molecule has 0 bridgehead atoms. The second kappa shape index (κ2) is 19.3. The fourth-order valence-electron chi connectivity index (χ4n) is 8.72. The Morgan fingerprint density at radius 2 is 1.26 bits per heavy atom.